The molecule has 0 aliphatic carbocycles. The van der Waals surface area contributed by atoms with Gasteiger partial charge in [-0.3, -0.25) is 19.7 Å². The number of hydrogen-bond acceptors (Lipinski definition) is 8. The van der Waals surface area contributed by atoms with Crippen LogP contribution in [-0.2, 0) is 9.59 Å². The SMILES string of the molecule is COc1ccc(/C=N/N=C2\NC(=O)C(CC(=O)Nc3ccc([N+](=O)[O-])cc3)S2)cc1. The predicted octanol–water partition coefficient (Wildman–Crippen LogP) is 2.55. The molecule has 2 amide bonds. The molecular weight excluding hydrogens is 410 g/mol. The molecule has 11 heteroatoms. The summed E-state index contributed by atoms with van der Waals surface area (Å²) in [6, 6.07) is 12.6. The molecular formula is C19H17N5O5S. The van der Waals surface area contributed by atoms with E-state index in [1.807, 2.05) is 12.1 Å². The van der Waals surface area contributed by atoms with E-state index in [1.165, 1.54) is 30.5 Å². The highest BCUT2D eigenvalue weighted by Gasteiger charge is 2.32. The van der Waals surface area contributed by atoms with Crippen LogP contribution in [0.4, 0.5) is 11.4 Å². The Hall–Kier alpha value is -3.73. The van der Waals surface area contributed by atoms with Crippen LogP contribution >= 0.6 is 11.8 Å². The van der Waals surface area contributed by atoms with Crippen molar-refractivity contribution in [1.82, 2.24) is 5.32 Å². The van der Waals surface area contributed by atoms with Gasteiger partial charge < -0.3 is 15.4 Å². The van der Waals surface area contributed by atoms with Crippen LogP contribution < -0.4 is 15.4 Å². The summed E-state index contributed by atoms with van der Waals surface area (Å²) in [5, 5.41) is 23.4. The lowest BCUT2D eigenvalue weighted by Crippen LogP contribution is -2.28. The molecule has 0 saturated carbocycles. The van der Waals surface area contributed by atoms with E-state index in [0.717, 1.165) is 23.1 Å². The fraction of sp³-hybridized carbons (Fsp3) is 0.158. The molecule has 1 aliphatic heterocycles. The third-order valence-electron chi connectivity index (χ3n) is 3.98. The maximum absolute atomic E-state index is 12.2. The summed E-state index contributed by atoms with van der Waals surface area (Å²) in [6.45, 7) is 0. The first kappa shape index (κ1) is 21.0. The Morgan fingerprint density at radius 3 is 2.60 bits per heavy atom. The zero-order valence-corrected chi connectivity index (χ0v) is 16.6. The van der Waals surface area contributed by atoms with Crippen LogP contribution in [0.1, 0.15) is 12.0 Å². The average molecular weight is 427 g/mol. The largest absolute Gasteiger partial charge is 0.497 e. The van der Waals surface area contributed by atoms with E-state index in [9.17, 15) is 19.7 Å². The standard InChI is InChI=1S/C19H17N5O5S/c1-29-15-8-2-12(3-9-15)11-20-23-19-22-18(26)16(30-19)10-17(25)21-13-4-6-14(7-5-13)24(27)28/h2-9,11,16H,10H2,1H3,(H,21,25)(H,22,23,26)/b20-11+. The topological polar surface area (TPSA) is 135 Å². The van der Waals surface area contributed by atoms with Crippen LogP contribution in [-0.4, -0.2) is 40.5 Å². The van der Waals surface area contributed by atoms with Crippen molar-refractivity contribution in [3.05, 3.63) is 64.2 Å². The summed E-state index contributed by atoms with van der Waals surface area (Å²) in [6.07, 6.45) is 1.46. The summed E-state index contributed by atoms with van der Waals surface area (Å²) in [5.74, 6) is 0.00338. The summed E-state index contributed by atoms with van der Waals surface area (Å²) >= 11 is 1.11. The molecule has 2 aromatic carbocycles. The molecule has 10 nitrogen and oxygen atoms in total. The Labute approximate surface area is 175 Å². The van der Waals surface area contributed by atoms with E-state index in [1.54, 1.807) is 19.2 Å². The molecule has 2 N–H and O–H groups in total. The number of benzene rings is 2. The lowest BCUT2D eigenvalue weighted by Gasteiger charge is -2.07. The van der Waals surface area contributed by atoms with E-state index < -0.39 is 10.2 Å². The van der Waals surface area contributed by atoms with Gasteiger partial charge in [-0.1, -0.05) is 11.8 Å². The number of rotatable bonds is 7. The summed E-state index contributed by atoms with van der Waals surface area (Å²) in [4.78, 5) is 34.4. The van der Waals surface area contributed by atoms with Gasteiger partial charge in [0, 0.05) is 24.2 Å². The number of non-ortho nitro benzene ring substituents is 1. The minimum Gasteiger partial charge on any atom is -0.497 e. The smallest absolute Gasteiger partial charge is 0.269 e. The number of amides is 2. The van der Waals surface area contributed by atoms with Crippen molar-refractivity contribution < 1.29 is 19.2 Å². The normalized spacial score (nSPS) is 17.2. The number of nitrogens with one attached hydrogen (secondary N) is 2. The van der Waals surface area contributed by atoms with Crippen LogP contribution in [0.5, 0.6) is 5.75 Å². The second-order valence-corrected chi connectivity index (χ2v) is 7.27. The van der Waals surface area contributed by atoms with Gasteiger partial charge in [-0.25, -0.2) is 0 Å². The molecule has 0 spiro atoms. The molecule has 1 fully saturated rings. The van der Waals surface area contributed by atoms with Gasteiger partial charge in [-0.2, -0.15) is 5.10 Å². The molecule has 2 aromatic rings. The quantitative estimate of drug-likeness (QED) is 0.396. The molecule has 1 aliphatic rings. The first-order valence-electron chi connectivity index (χ1n) is 8.71. The van der Waals surface area contributed by atoms with Gasteiger partial charge >= 0.3 is 0 Å². The molecule has 3 rings (SSSR count). The highest BCUT2D eigenvalue weighted by molar-refractivity contribution is 8.15. The summed E-state index contributed by atoms with van der Waals surface area (Å²) in [7, 11) is 1.58. The van der Waals surface area contributed by atoms with Crippen molar-refractivity contribution in [3.63, 3.8) is 0 Å². The zero-order valence-electron chi connectivity index (χ0n) is 15.8. The van der Waals surface area contributed by atoms with Gasteiger partial charge in [0.25, 0.3) is 5.69 Å². The molecule has 0 aromatic heterocycles. The van der Waals surface area contributed by atoms with Crippen LogP contribution in [0.2, 0.25) is 0 Å². The maximum atomic E-state index is 12.2. The van der Waals surface area contributed by atoms with Gasteiger partial charge in [-0.05, 0) is 42.0 Å². The maximum Gasteiger partial charge on any atom is 0.269 e. The Balaban J connectivity index is 1.53. The van der Waals surface area contributed by atoms with Crippen molar-refractivity contribution >= 4 is 46.3 Å². The molecule has 1 atom stereocenters. The number of amidine groups is 1. The van der Waals surface area contributed by atoms with Crippen LogP contribution in [0.3, 0.4) is 0 Å². The highest BCUT2D eigenvalue weighted by Crippen LogP contribution is 2.23. The third kappa shape index (κ3) is 5.64. The molecule has 154 valence electrons. The Morgan fingerprint density at radius 1 is 1.27 bits per heavy atom. The van der Waals surface area contributed by atoms with Crippen molar-refractivity contribution in [1.29, 1.82) is 0 Å². The first-order chi connectivity index (χ1) is 14.4. The van der Waals surface area contributed by atoms with Gasteiger partial charge in [0.2, 0.25) is 11.8 Å². The number of anilines is 1. The lowest BCUT2D eigenvalue weighted by molar-refractivity contribution is -0.384. The van der Waals surface area contributed by atoms with E-state index in [2.05, 4.69) is 20.8 Å². The number of nitro groups is 1. The number of hydrogen-bond donors (Lipinski definition) is 2. The third-order valence-corrected chi connectivity index (χ3v) is 5.05. The number of methoxy groups -OCH3 is 1. The number of nitro benzene ring substituents is 1. The number of thioether (sulfide) groups is 1. The fourth-order valence-corrected chi connectivity index (χ4v) is 3.40. The minimum absolute atomic E-state index is 0.0743. The molecule has 30 heavy (non-hydrogen) atoms. The summed E-state index contributed by atoms with van der Waals surface area (Å²) in [5.41, 5.74) is 1.15. The average Bonchev–Trinajstić information content (AvgIpc) is 3.07. The predicted molar refractivity (Wildman–Crippen MR) is 114 cm³/mol. The van der Waals surface area contributed by atoms with E-state index in [-0.39, 0.29) is 23.9 Å². The van der Waals surface area contributed by atoms with Gasteiger partial charge in [0.1, 0.15) is 11.0 Å². The number of carbonyl (C=O) groups is 2. The monoisotopic (exact) mass is 427 g/mol. The molecule has 0 bridgehead atoms. The second-order valence-electron chi connectivity index (χ2n) is 6.07. The molecule has 1 saturated heterocycles. The van der Waals surface area contributed by atoms with E-state index >= 15 is 0 Å². The zero-order chi connectivity index (χ0) is 21.5. The van der Waals surface area contributed by atoms with Crippen molar-refractivity contribution in [3.8, 4) is 5.75 Å². The van der Waals surface area contributed by atoms with E-state index in [4.69, 9.17) is 4.74 Å². The Bertz CT molecular complexity index is 1000. The molecule has 1 heterocycles. The van der Waals surface area contributed by atoms with Crippen molar-refractivity contribution in [2.45, 2.75) is 11.7 Å². The summed E-state index contributed by atoms with van der Waals surface area (Å²) < 4.78 is 5.08. The molecule has 1 unspecified atom stereocenters. The van der Waals surface area contributed by atoms with Gasteiger partial charge in [0.05, 0.1) is 18.2 Å². The van der Waals surface area contributed by atoms with Crippen LogP contribution in [0, 0.1) is 10.1 Å². The highest BCUT2D eigenvalue weighted by atomic mass is 32.2. The van der Waals surface area contributed by atoms with Crippen LogP contribution in [0.15, 0.2) is 58.7 Å². The van der Waals surface area contributed by atoms with Crippen molar-refractivity contribution in [2.24, 2.45) is 10.2 Å². The van der Waals surface area contributed by atoms with Gasteiger partial charge in [-0.15, -0.1) is 5.10 Å². The second kappa shape index (κ2) is 9.65. The van der Waals surface area contributed by atoms with Crippen molar-refractivity contribution in [2.75, 3.05) is 12.4 Å². The first-order valence-corrected chi connectivity index (χ1v) is 9.59. The van der Waals surface area contributed by atoms with Gasteiger partial charge in [0.15, 0.2) is 5.17 Å². The minimum atomic E-state index is -0.641. The molecule has 0 radical (unpaired) electrons. The Kier molecular flexibility index (Phi) is 6.75. The Morgan fingerprint density at radius 2 is 1.97 bits per heavy atom. The van der Waals surface area contributed by atoms with E-state index in [0.29, 0.717) is 10.9 Å². The number of ether oxygens (including phenoxy) is 1. The lowest BCUT2D eigenvalue weighted by atomic mass is 10.2. The van der Waals surface area contributed by atoms with Crippen LogP contribution in [0.25, 0.3) is 0 Å². The number of nitrogens with zero attached hydrogens (tertiary/aromatic N) is 3. The number of carbonyl (C=O) groups excluding carboxylic acids is 2. The fourth-order valence-electron chi connectivity index (χ4n) is 2.47.